The zero-order chi connectivity index (χ0) is 24.0. The van der Waals surface area contributed by atoms with Gasteiger partial charge in [-0.1, -0.05) is 23.7 Å². The summed E-state index contributed by atoms with van der Waals surface area (Å²) in [6.07, 6.45) is 5.91. The molecule has 3 aromatic rings. The number of ether oxygens (including phenoxy) is 1. The monoisotopic (exact) mass is 490 g/mol. The Kier molecular flexibility index (Phi) is 7.99. The molecule has 1 heterocycles. The summed E-state index contributed by atoms with van der Waals surface area (Å²) in [4.78, 5) is 16.7. The van der Waals surface area contributed by atoms with Crippen molar-refractivity contribution in [3.63, 3.8) is 0 Å². The molecule has 10 heteroatoms. The highest BCUT2D eigenvalue weighted by molar-refractivity contribution is 7.93. The number of methoxy groups -OCH3 is 1. The number of imidazole rings is 1. The standard InChI is InChI=1S/C23H27ClN4O4S/c1-17-5-8-21(32-3)22(13-17)33(30,31)28(19-7-6-18(2)20(24)14-19)15-23(29)26-9-4-11-27-12-10-25-16-27/h5-8,10,12-14,16H,4,9,11,15H2,1-3H3,(H,26,29). The lowest BCUT2D eigenvalue weighted by atomic mass is 10.2. The summed E-state index contributed by atoms with van der Waals surface area (Å²) in [6.45, 7) is 4.30. The Hall–Kier alpha value is -3.04. The Morgan fingerprint density at radius 3 is 2.67 bits per heavy atom. The number of aryl methyl sites for hydroxylation is 3. The number of amides is 1. The van der Waals surface area contributed by atoms with Crippen molar-refractivity contribution >= 4 is 33.2 Å². The number of carbonyl (C=O) groups excluding carboxylic acids is 1. The predicted octanol–water partition coefficient (Wildman–Crippen LogP) is 3.56. The van der Waals surface area contributed by atoms with Gasteiger partial charge in [0.05, 0.1) is 19.1 Å². The van der Waals surface area contributed by atoms with Crippen molar-refractivity contribution in [1.29, 1.82) is 0 Å². The quantitative estimate of drug-likeness (QED) is 0.438. The van der Waals surface area contributed by atoms with Gasteiger partial charge in [-0.25, -0.2) is 13.4 Å². The average molecular weight is 491 g/mol. The fourth-order valence-electron chi connectivity index (χ4n) is 3.25. The number of nitrogens with zero attached hydrogens (tertiary/aromatic N) is 3. The first-order valence-electron chi connectivity index (χ1n) is 10.4. The summed E-state index contributed by atoms with van der Waals surface area (Å²) in [7, 11) is -2.73. The SMILES string of the molecule is COc1ccc(C)cc1S(=O)(=O)N(CC(=O)NCCCn1ccnc1)c1ccc(C)c(Cl)c1. The molecule has 0 spiro atoms. The second-order valence-corrected chi connectivity index (χ2v) is 9.84. The van der Waals surface area contributed by atoms with E-state index in [4.69, 9.17) is 16.3 Å². The number of carbonyl (C=O) groups is 1. The molecule has 1 aromatic heterocycles. The molecule has 0 atom stereocenters. The number of anilines is 1. The fraction of sp³-hybridized carbons (Fsp3) is 0.304. The summed E-state index contributed by atoms with van der Waals surface area (Å²) >= 11 is 6.27. The molecular formula is C23H27ClN4O4S. The third-order valence-corrected chi connectivity index (χ3v) is 7.29. The van der Waals surface area contributed by atoms with Crippen molar-refractivity contribution in [3.8, 4) is 5.75 Å². The zero-order valence-electron chi connectivity index (χ0n) is 18.8. The highest BCUT2D eigenvalue weighted by Crippen LogP contribution is 2.32. The molecule has 0 aliphatic rings. The molecule has 1 N–H and O–H groups in total. The number of rotatable bonds is 10. The topological polar surface area (TPSA) is 93.5 Å². The maximum Gasteiger partial charge on any atom is 0.268 e. The fourth-order valence-corrected chi connectivity index (χ4v) is 5.08. The first kappa shape index (κ1) is 24.6. The molecule has 176 valence electrons. The number of hydrogen-bond donors (Lipinski definition) is 1. The zero-order valence-corrected chi connectivity index (χ0v) is 20.4. The summed E-state index contributed by atoms with van der Waals surface area (Å²) in [5.74, 6) is -0.225. The Morgan fingerprint density at radius 1 is 1.21 bits per heavy atom. The van der Waals surface area contributed by atoms with Crippen molar-refractivity contribution in [3.05, 3.63) is 71.3 Å². The molecule has 0 saturated carbocycles. The molecular weight excluding hydrogens is 464 g/mol. The minimum atomic E-state index is -4.13. The molecule has 0 saturated heterocycles. The Morgan fingerprint density at radius 2 is 2.00 bits per heavy atom. The lowest BCUT2D eigenvalue weighted by molar-refractivity contribution is -0.119. The third kappa shape index (κ3) is 6.06. The summed E-state index contributed by atoms with van der Waals surface area (Å²) < 4.78 is 35.6. The van der Waals surface area contributed by atoms with Gasteiger partial charge in [0.1, 0.15) is 17.2 Å². The minimum absolute atomic E-state index is 0.0189. The molecule has 0 aliphatic carbocycles. The molecule has 0 bridgehead atoms. The van der Waals surface area contributed by atoms with E-state index in [1.54, 1.807) is 49.8 Å². The lowest BCUT2D eigenvalue weighted by Crippen LogP contribution is -2.41. The number of benzene rings is 2. The van der Waals surface area contributed by atoms with E-state index in [2.05, 4.69) is 10.3 Å². The van der Waals surface area contributed by atoms with Gasteiger partial charge in [-0.3, -0.25) is 9.10 Å². The molecule has 8 nitrogen and oxygen atoms in total. The van der Waals surface area contributed by atoms with E-state index in [1.165, 1.54) is 13.2 Å². The van der Waals surface area contributed by atoms with Crippen LogP contribution >= 0.6 is 11.6 Å². The smallest absolute Gasteiger partial charge is 0.268 e. The number of nitrogens with one attached hydrogen (secondary N) is 1. The van der Waals surface area contributed by atoms with Gasteiger partial charge < -0.3 is 14.6 Å². The number of sulfonamides is 1. The van der Waals surface area contributed by atoms with Gasteiger partial charge in [0.2, 0.25) is 5.91 Å². The first-order valence-corrected chi connectivity index (χ1v) is 12.2. The molecule has 0 unspecified atom stereocenters. The van der Waals surface area contributed by atoms with Gasteiger partial charge in [-0.05, 0) is 55.7 Å². The molecule has 3 rings (SSSR count). The van der Waals surface area contributed by atoms with Gasteiger partial charge >= 0.3 is 0 Å². The molecule has 1 amide bonds. The maximum absolute atomic E-state index is 13.7. The molecule has 0 aliphatic heterocycles. The normalized spacial score (nSPS) is 11.3. The number of aromatic nitrogens is 2. The van der Waals surface area contributed by atoms with E-state index in [1.807, 2.05) is 17.7 Å². The van der Waals surface area contributed by atoms with Crippen LogP contribution in [-0.2, 0) is 21.4 Å². The summed E-state index contributed by atoms with van der Waals surface area (Å²) in [6, 6.07) is 9.78. The van der Waals surface area contributed by atoms with E-state index >= 15 is 0 Å². The highest BCUT2D eigenvalue weighted by Gasteiger charge is 2.30. The van der Waals surface area contributed by atoms with E-state index in [-0.39, 0.29) is 10.6 Å². The second-order valence-electron chi connectivity index (χ2n) is 7.60. The van der Waals surface area contributed by atoms with Gasteiger partial charge in [-0.15, -0.1) is 0 Å². The van der Waals surface area contributed by atoms with Crippen LogP contribution in [0.1, 0.15) is 17.5 Å². The van der Waals surface area contributed by atoms with Crippen molar-refractivity contribution in [1.82, 2.24) is 14.9 Å². The third-order valence-electron chi connectivity index (χ3n) is 5.09. The minimum Gasteiger partial charge on any atom is -0.495 e. The van der Waals surface area contributed by atoms with Crippen LogP contribution in [0.3, 0.4) is 0 Å². The van der Waals surface area contributed by atoms with Gasteiger partial charge in [0.25, 0.3) is 10.0 Å². The van der Waals surface area contributed by atoms with Crippen LogP contribution in [0.5, 0.6) is 5.75 Å². The first-order chi connectivity index (χ1) is 15.7. The largest absolute Gasteiger partial charge is 0.495 e. The maximum atomic E-state index is 13.7. The number of hydrogen-bond acceptors (Lipinski definition) is 5. The van der Waals surface area contributed by atoms with Gasteiger partial charge in [0, 0.05) is 30.5 Å². The highest BCUT2D eigenvalue weighted by atomic mass is 35.5. The lowest BCUT2D eigenvalue weighted by Gasteiger charge is -2.25. The van der Waals surface area contributed by atoms with Crippen molar-refractivity contribution in [2.45, 2.75) is 31.7 Å². The summed E-state index contributed by atoms with van der Waals surface area (Å²) in [5.41, 5.74) is 1.85. The van der Waals surface area contributed by atoms with E-state index in [0.29, 0.717) is 30.2 Å². The predicted molar refractivity (Wildman–Crippen MR) is 128 cm³/mol. The van der Waals surface area contributed by atoms with Crippen LogP contribution in [0.15, 0.2) is 60.0 Å². The van der Waals surface area contributed by atoms with Crippen molar-refractivity contribution in [2.24, 2.45) is 0 Å². The van der Waals surface area contributed by atoms with Crippen molar-refractivity contribution in [2.75, 3.05) is 24.5 Å². The molecule has 2 aromatic carbocycles. The van der Waals surface area contributed by atoms with Crippen LogP contribution in [0.25, 0.3) is 0 Å². The summed E-state index contributed by atoms with van der Waals surface area (Å²) in [5, 5.41) is 3.20. The average Bonchev–Trinajstić information content (AvgIpc) is 3.30. The molecule has 0 fully saturated rings. The van der Waals surface area contributed by atoms with Crippen LogP contribution in [0.2, 0.25) is 5.02 Å². The van der Waals surface area contributed by atoms with Gasteiger partial charge in [0.15, 0.2) is 0 Å². The van der Waals surface area contributed by atoms with Crippen molar-refractivity contribution < 1.29 is 17.9 Å². The number of halogens is 1. The van der Waals surface area contributed by atoms with Crippen LogP contribution < -0.4 is 14.4 Å². The Bertz CT molecular complexity index is 1210. The van der Waals surface area contributed by atoms with E-state index in [9.17, 15) is 13.2 Å². The van der Waals surface area contributed by atoms with Crippen LogP contribution in [0, 0.1) is 13.8 Å². The van der Waals surface area contributed by atoms with E-state index in [0.717, 1.165) is 15.4 Å². The molecule has 0 radical (unpaired) electrons. The van der Waals surface area contributed by atoms with Crippen LogP contribution in [0.4, 0.5) is 5.69 Å². The van der Waals surface area contributed by atoms with E-state index < -0.39 is 22.5 Å². The Labute approximate surface area is 199 Å². The second kappa shape index (κ2) is 10.7. The molecule has 33 heavy (non-hydrogen) atoms. The van der Waals surface area contributed by atoms with Gasteiger partial charge in [-0.2, -0.15) is 0 Å². The van der Waals surface area contributed by atoms with Crippen LogP contribution in [-0.4, -0.2) is 44.1 Å². The Balaban J connectivity index is 1.85.